The number of aromatic nitrogens is 3. The molecule has 1 aromatic rings. The average molecular weight is 534 g/mol. The van der Waals surface area contributed by atoms with Gasteiger partial charge in [0.05, 0.1) is 83.2 Å². The van der Waals surface area contributed by atoms with Gasteiger partial charge in [0.2, 0.25) is 5.91 Å². The predicted octanol–water partition coefficient (Wildman–Crippen LogP) is -0.136. The van der Waals surface area contributed by atoms with E-state index in [9.17, 15) is 14.4 Å². The fourth-order valence-electron chi connectivity index (χ4n) is 2.61. The standard InChI is InChI=1S/C22H39N5O8S/c1-3-5-32-7-9-34-11-12-35-10-8-33-6-4-27-15-18(25-26-27)14-24-22(31)20(13-21(29)30)36-16-19(23)17(2)28/h15,19-20H,3-14,16,23H2,1-2H3,(H,24,31)(H,29,30). The summed E-state index contributed by atoms with van der Waals surface area (Å²) in [5, 5.41) is 18.8. The molecule has 0 spiro atoms. The van der Waals surface area contributed by atoms with Crippen LogP contribution in [-0.2, 0) is 46.4 Å². The van der Waals surface area contributed by atoms with Crippen molar-refractivity contribution in [2.24, 2.45) is 5.73 Å². The maximum absolute atomic E-state index is 12.4. The zero-order chi connectivity index (χ0) is 26.6. The molecule has 1 rings (SSSR count). The fourth-order valence-corrected chi connectivity index (χ4v) is 3.78. The lowest BCUT2D eigenvalue weighted by molar-refractivity contribution is -0.138. The van der Waals surface area contributed by atoms with E-state index < -0.39 is 23.2 Å². The molecule has 2 unspecified atom stereocenters. The van der Waals surface area contributed by atoms with E-state index in [2.05, 4.69) is 22.6 Å². The number of hydrogen-bond donors (Lipinski definition) is 3. The second kappa shape index (κ2) is 20.0. The molecule has 0 radical (unpaired) electrons. The quantitative estimate of drug-likeness (QED) is 0.159. The molecule has 0 saturated carbocycles. The minimum absolute atomic E-state index is 0.0930. The van der Waals surface area contributed by atoms with Gasteiger partial charge in [-0.05, 0) is 13.3 Å². The maximum atomic E-state index is 12.4. The molecule has 206 valence electrons. The zero-order valence-corrected chi connectivity index (χ0v) is 21.9. The molecular weight excluding hydrogens is 494 g/mol. The van der Waals surface area contributed by atoms with Gasteiger partial charge in [-0.1, -0.05) is 12.1 Å². The number of thioether (sulfide) groups is 1. The summed E-state index contributed by atoms with van der Waals surface area (Å²) >= 11 is 1.04. The number of carboxylic acid groups (broad SMARTS) is 1. The van der Waals surface area contributed by atoms with Gasteiger partial charge in [0, 0.05) is 12.4 Å². The summed E-state index contributed by atoms with van der Waals surface area (Å²) in [5.41, 5.74) is 6.20. The molecule has 4 N–H and O–H groups in total. The molecule has 0 bridgehead atoms. The van der Waals surface area contributed by atoms with Crippen molar-refractivity contribution in [3.63, 3.8) is 0 Å². The number of ketones is 1. The molecule has 0 aromatic carbocycles. The summed E-state index contributed by atoms with van der Waals surface area (Å²) in [6.07, 6.45) is 2.29. The Bertz CT molecular complexity index is 767. The van der Waals surface area contributed by atoms with Crippen molar-refractivity contribution in [1.29, 1.82) is 0 Å². The number of Topliss-reactive ketones (excluding diaryl/α,β-unsaturated/α-hetero) is 1. The number of hydrogen-bond acceptors (Lipinski definition) is 11. The molecule has 36 heavy (non-hydrogen) atoms. The van der Waals surface area contributed by atoms with Crippen molar-refractivity contribution in [2.75, 3.05) is 58.6 Å². The molecule has 0 aliphatic carbocycles. The second-order valence-corrected chi connectivity index (χ2v) is 9.01. The van der Waals surface area contributed by atoms with E-state index in [-0.39, 0.29) is 24.5 Å². The van der Waals surface area contributed by atoms with Crippen LogP contribution in [0.2, 0.25) is 0 Å². The van der Waals surface area contributed by atoms with Gasteiger partial charge in [0.1, 0.15) is 11.5 Å². The monoisotopic (exact) mass is 533 g/mol. The third-order valence-corrected chi connectivity index (χ3v) is 5.95. The fraction of sp³-hybridized carbons (Fsp3) is 0.773. The van der Waals surface area contributed by atoms with Crippen molar-refractivity contribution in [3.8, 4) is 0 Å². The molecule has 1 heterocycles. The first-order chi connectivity index (χ1) is 17.3. The summed E-state index contributed by atoms with van der Waals surface area (Å²) in [6.45, 7) is 8.18. The van der Waals surface area contributed by atoms with E-state index in [0.29, 0.717) is 58.5 Å². The lowest BCUT2D eigenvalue weighted by atomic mass is 10.2. The first-order valence-corrected chi connectivity index (χ1v) is 13.0. The Morgan fingerprint density at radius 1 is 1.06 bits per heavy atom. The number of ether oxygens (including phenoxy) is 4. The van der Waals surface area contributed by atoms with Crippen LogP contribution in [-0.4, -0.2) is 108 Å². The molecule has 0 saturated heterocycles. The first kappa shape index (κ1) is 31.9. The minimum atomic E-state index is -1.11. The average Bonchev–Trinajstić information content (AvgIpc) is 3.30. The van der Waals surface area contributed by atoms with Crippen molar-refractivity contribution in [1.82, 2.24) is 20.3 Å². The maximum Gasteiger partial charge on any atom is 0.305 e. The van der Waals surface area contributed by atoms with Crippen LogP contribution in [0, 0.1) is 0 Å². The van der Waals surface area contributed by atoms with Crippen molar-refractivity contribution in [2.45, 2.75) is 51.1 Å². The molecule has 0 fully saturated rings. The number of carboxylic acids is 1. The summed E-state index contributed by atoms with van der Waals surface area (Å²) < 4.78 is 23.2. The normalized spacial score (nSPS) is 12.9. The minimum Gasteiger partial charge on any atom is -0.481 e. The molecule has 2 atom stereocenters. The largest absolute Gasteiger partial charge is 0.481 e. The third-order valence-electron chi connectivity index (χ3n) is 4.61. The van der Waals surface area contributed by atoms with Crippen LogP contribution in [0.1, 0.15) is 32.4 Å². The number of nitrogens with zero attached hydrogens (tertiary/aromatic N) is 3. The number of aliphatic carboxylic acids is 1. The Morgan fingerprint density at radius 2 is 1.64 bits per heavy atom. The molecule has 13 nitrogen and oxygen atoms in total. The molecule has 1 aromatic heterocycles. The SMILES string of the molecule is CCCOCCOCCOCCOCCn1cc(CNC(=O)C(CC(=O)O)SCC(N)C(C)=O)nn1. The first-order valence-electron chi connectivity index (χ1n) is 11.9. The highest BCUT2D eigenvalue weighted by Crippen LogP contribution is 2.16. The van der Waals surface area contributed by atoms with Crippen molar-refractivity contribution < 1.29 is 38.4 Å². The third kappa shape index (κ3) is 15.8. The molecular formula is C22H39N5O8S. The summed E-state index contributed by atoms with van der Waals surface area (Å²) in [4.78, 5) is 34.8. The smallest absolute Gasteiger partial charge is 0.305 e. The van der Waals surface area contributed by atoms with Crippen LogP contribution in [0.15, 0.2) is 6.20 Å². The van der Waals surface area contributed by atoms with Gasteiger partial charge < -0.3 is 35.1 Å². The van der Waals surface area contributed by atoms with Crippen molar-refractivity contribution in [3.05, 3.63) is 11.9 Å². The predicted molar refractivity (Wildman–Crippen MR) is 133 cm³/mol. The van der Waals surface area contributed by atoms with Gasteiger partial charge in [-0.15, -0.1) is 16.9 Å². The molecule has 1 amide bonds. The van der Waals surface area contributed by atoms with Gasteiger partial charge in [-0.25, -0.2) is 4.68 Å². The van der Waals surface area contributed by atoms with Gasteiger partial charge in [0.15, 0.2) is 0 Å². The number of amides is 1. The second-order valence-electron chi connectivity index (χ2n) is 7.78. The number of carbonyl (C=O) groups is 3. The number of nitrogens with one attached hydrogen (secondary N) is 1. The van der Waals surface area contributed by atoms with Crippen LogP contribution in [0.3, 0.4) is 0 Å². The Kier molecular flexibility index (Phi) is 17.8. The number of carbonyl (C=O) groups excluding carboxylic acids is 2. The Balaban J connectivity index is 2.18. The van der Waals surface area contributed by atoms with Crippen LogP contribution >= 0.6 is 11.8 Å². The molecule has 0 aliphatic rings. The Labute approximate surface area is 215 Å². The van der Waals surface area contributed by atoms with Crippen LogP contribution < -0.4 is 11.1 Å². The highest BCUT2D eigenvalue weighted by molar-refractivity contribution is 8.00. The lowest BCUT2D eigenvalue weighted by Gasteiger charge is -2.16. The molecule has 0 aliphatic heterocycles. The highest BCUT2D eigenvalue weighted by atomic mass is 32.2. The summed E-state index contributed by atoms with van der Waals surface area (Å²) in [7, 11) is 0. The van der Waals surface area contributed by atoms with E-state index in [4.69, 9.17) is 29.8 Å². The van der Waals surface area contributed by atoms with Crippen LogP contribution in [0.4, 0.5) is 0 Å². The van der Waals surface area contributed by atoms with Crippen LogP contribution in [0.25, 0.3) is 0 Å². The van der Waals surface area contributed by atoms with E-state index in [1.165, 1.54) is 6.92 Å². The van der Waals surface area contributed by atoms with E-state index >= 15 is 0 Å². The van der Waals surface area contributed by atoms with Gasteiger partial charge >= 0.3 is 5.97 Å². The Morgan fingerprint density at radius 3 is 2.19 bits per heavy atom. The van der Waals surface area contributed by atoms with Gasteiger partial charge in [0.25, 0.3) is 0 Å². The molecule has 14 heteroatoms. The van der Waals surface area contributed by atoms with E-state index in [0.717, 1.165) is 24.8 Å². The van der Waals surface area contributed by atoms with Crippen molar-refractivity contribution >= 4 is 29.4 Å². The number of rotatable bonds is 23. The summed E-state index contributed by atoms with van der Waals surface area (Å²) in [5.74, 6) is -1.65. The number of nitrogens with two attached hydrogens (primary N) is 1. The lowest BCUT2D eigenvalue weighted by Crippen LogP contribution is -2.37. The summed E-state index contributed by atoms with van der Waals surface area (Å²) in [6, 6.07) is -0.748. The zero-order valence-electron chi connectivity index (χ0n) is 21.1. The van der Waals surface area contributed by atoms with Gasteiger partial charge in [-0.3, -0.25) is 14.4 Å². The Hall–Kier alpha value is -2.10. The van der Waals surface area contributed by atoms with Gasteiger partial charge in [-0.2, -0.15) is 0 Å². The van der Waals surface area contributed by atoms with Crippen LogP contribution in [0.5, 0.6) is 0 Å². The van der Waals surface area contributed by atoms with E-state index in [1.54, 1.807) is 10.9 Å². The van der Waals surface area contributed by atoms with E-state index in [1.807, 2.05) is 0 Å². The highest BCUT2D eigenvalue weighted by Gasteiger charge is 2.24. The topological polar surface area (TPSA) is 177 Å².